The topological polar surface area (TPSA) is 70.5 Å². The fourth-order valence-corrected chi connectivity index (χ4v) is 3.00. The van der Waals surface area contributed by atoms with Crippen LogP contribution in [0.4, 0.5) is 5.13 Å². The number of Topliss-reactive ketones (excluding diaryl/α,β-unsaturated/α-hetero) is 1. The summed E-state index contributed by atoms with van der Waals surface area (Å²) in [6.45, 7) is 6.38. The lowest BCUT2D eigenvalue weighted by Crippen LogP contribution is -2.32. The molecule has 5 nitrogen and oxygen atoms in total. The first kappa shape index (κ1) is 14.0. The van der Waals surface area contributed by atoms with E-state index in [1.807, 2.05) is 0 Å². The van der Waals surface area contributed by atoms with Gasteiger partial charge in [0, 0.05) is 19.5 Å². The van der Waals surface area contributed by atoms with E-state index in [0.717, 1.165) is 6.54 Å². The molecule has 2 rings (SSSR count). The highest BCUT2D eigenvalue weighted by Crippen LogP contribution is 2.34. The summed E-state index contributed by atoms with van der Waals surface area (Å²) in [6.07, 6.45) is 2.44. The Morgan fingerprint density at radius 2 is 2.11 bits per heavy atom. The summed E-state index contributed by atoms with van der Waals surface area (Å²) in [7, 11) is 0. The molecular weight excluding hydrogens is 264 g/mol. The Morgan fingerprint density at radius 3 is 2.47 bits per heavy atom. The number of aromatic nitrogens is 1. The second kappa shape index (κ2) is 5.28. The first-order valence-corrected chi connectivity index (χ1v) is 7.23. The van der Waals surface area contributed by atoms with Gasteiger partial charge < -0.3 is 10.0 Å². The van der Waals surface area contributed by atoms with Crippen molar-refractivity contribution in [2.24, 2.45) is 5.92 Å². The Labute approximate surface area is 116 Å². The molecule has 0 spiro atoms. The van der Waals surface area contributed by atoms with Crippen LogP contribution < -0.4 is 4.90 Å². The van der Waals surface area contributed by atoms with Crippen LogP contribution in [0.2, 0.25) is 0 Å². The molecule has 0 unspecified atom stereocenters. The zero-order valence-corrected chi connectivity index (χ0v) is 12.2. The van der Waals surface area contributed by atoms with Gasteiger partial charge in [-0.25, -0.2) is 9.78 Å². The Bertz CT molecular complexity index is 474. The number of thiazole rings is 1. The number of carbonyl (C=O) groups excluding carboxylic acids is 1. The van der Waals surface area contributed by atoms with Crippen LogP contribution in [0.1, 0.15) is 53.8 Å². The summed E-state index contributed by atoms with van der Waals surface area (Å²) in [6, 6.07) is 0.244. The van der Waals surface area contributed by atoms with Gasteiger partial charge >= 0.3 is 5.97 Å². The lowest BCUT2D eigenvalue weighted by atomic mass is 10.3. The first-order valence-electron chi connectivity index (χ1n) is 6.41. The minimum absolute atomic E-state index is 0.117. The fraction of sp³-hybridized carbons (Fsp3) is 0.615. The van der Waals surface area contributed by atoms with Crippen LogP contribution in [-0.4, -0.2) is 34.4 Å². The van der Waals surface area contributed by atoms with E-state index in [4.69, 9.17) is 5.11 Å². The van der Waals surface area contributed by atoms with Crippen molar-refractivity contribution in [1.29, 1.82) is 0 Å². The van der Waals surface area contributed by atoms with E-state index in [0.29, 0.717) is 11.0 Å². The molecule has 0 aromatic carbocycles. The fourth-order valence-electron chi connectivity index (χ4n) is 1.90. The number of hydrogen-bond acceptors (Lipinski definition) is 5. The van der Waals surface area contributed by atoms with Crippen LogP contribution in [0.15, 0.2) is 0 Å². The summed E-state index contributed by atoms with van der Waals surface area (Å²) in [5.74, 6) is -0.695. The molecule has 1 aliphatic carbocycles. The molecule has 0 amide bonds. The number of carbonyl (C=O) groups is 2. The summed E-state index contributed by atoms with van der Waals surface area (Å²) in [5, 5.41) is 9.76. The van der Waals surface area contributed by atoms with E-state index < -0.39 is 5.97 Å². The monoisotopic (exact) mass is 282 g/mol. The second-order valence-corrected chi connectivity index (χ2v) is 6.20. The molecule has 0 bridgehead atoms. The molecule has 1 aromatic rings. The van der Waals surface area contributed by atoms with Crippen LogP contribution in [0.3, 0.4) is 0 Å². The number of nitrogens with zero attached hydrogens (tertiary/aromatic N) is 2. The Balaban J connectivity index is 2.33. The maximum absolute atomic E-state index is 11.5. The van der Waals surface area contributed by atoms with E-state index >= 15 is 0 Å². The third kappa shape index (κ3) is 3.12. The van der Waals surface area contributed by atoms with Gasteiger partial charge in [0.25, 0.3) is 0 Å². The SMILES string of the molecule is CC(=O)c1sc(N(CC2CC2)C(C)C)nc1C(=O)O. The average Bonchev–Trinajstić information content (AvgIpc) is 3.01. The molecule has 1 N–H and O–H groups in total. The quantitative estimate of drug-likeness (QED) is 0.812. The van der Waals surface area contributed by atoms with Crippen molar-refractivity contribution in [2.45, 2.75) is 39.7 Å². The lowest BCUT2D eigenvalue weighted by Gasteiger charge is -2.25. The predicted octanol–water partition coefficient (Wildman–Crippen LogP) is 2.67. The highest BCUT2D eigenvalue weighted by Gasteiger charge is 2.29. The smallest absolute Gasteiger partial charge is 0.356 e. The Morgan fingerprint density at radius 1 is 1.47 bits per heavy atom. The van der Waals surface area contributed by atoms with Gasteiger partial charge in [-0.3, -0.25) is 4.79 Å². The number of aromatic carboxylic acids is 1. The Hall–Kier alpha value is -1.43. The van der Waals surface area contributed by atoms with Crippen molar-refractivity contribution < 1.29 is 14.7 Å². The number of carboxylic acids is 1. The lowest BCUT2D eigenvalue weighted by molar-refractivity contribution is 0.0687. The van der Waals surface area contributed by atoms with Crippen molar-refractivity contribution in [1.82, 2.24) is 4.98 Å². The van der Waals surface area contributed by atoms with E-state index in [1.165, 1.54) is 31.1 Å². The van der Waals surface area contributed by atoms with Gasteiger partial charge in [-0.15, -0.1) is 0 Å². The van der Waals surface area contributed by atoms with Gasteiger partial charge in [-0.2, -0.15) is 0 Å². The Kier molecular flexibility index (Phi) is 3.89. The average molecular weight is 282 g/mol. The van der Waals surface area contributed by atoms with Gasteiger partial charge in [0.1, 0.15) is 4.88 Å². The van der Waals surface area contributed by atoms with Crippen molar-refractivity contribution in [3.63, 3.8) is 0 Å². The summed E-state index contributed by atoms with van der Waals surface area (Å²) >= 11 is 1.19. The van der Waals surface area contributed by atoms with Crippen molar-refractivity contribution in [3.8, 4) is 0 Å². The molecular formula is C13H18N2O3S. The maximum Gasteiger partial charge on any atom is 0.356 e. The van der Waals surface area contributed by atoms with Gasteiger partial charge in [-0.05, 0) is 32.6 Å². The third-order valence-corrected chi connectivity index (χ3v) is 4.35. The van der Waals surface area contributed by atoms with Crippen LogP contribution in [-0.2, 0) is 0 Å². The molecule has 19 heavy (non-hydrogen) atoms. The highest BCUT2D eigenvalue weighted by atomic mass is 32.1. The molecule has 0 saturated heterocycles. The minimum Gasteiger partial charge on any atom is -0.476 e. The zero-order chi connectivity index (χ0) is 14.2. The van der Waals surface area contributed by atoms with Crippen LogP contribution >= 0.6 is 11.3 Å². The van der Waals surface area contributed by atoms with E-state index in [2.05, 4.69) is 23.7 Å². The third-order valence-electron chi connectivity index (χ3n) is 3.16. The summed E-state index contributed by atoms with van der Waals surface area (Å²) in [5.41, 5.74) is -0.117. The largest absolute Gasteiger partial charge is 0.476 e. The molecule has 1 heterocycles. The number of anilines is 1. The van der Waals surface area contributed by atoms with Crippen molar-refractivity contribution >= 4 is 28.2 Å². The van der Waals surface area contributed by atoms with E-state index in [1.54, 1.807) is 0 Å². The van der Waals surface area contributed by atoms with Crippen molar-refractivity contribution in [2.75, 3.05) is 11.4 Å². The summed E-state index contributed by atoms with van der Waals surface area (Å²) < 4.78 is 0. The standard InChI is InChI=1S/C13H18N2O3S/c1-7(2)15(6-9-4-5-9)13-14-10(12(17)18)11(19-13)8(3)16/h7,9H,4-6H2,1-3H3,(H,17,18). The van der Waals surface area contributed by atoms with Gasteiger partial charge in [0.2, 0.25) is 0 Å². The summed E-state index contributed by atoms with van der Waals surface area (Å²) in [4.78, 5) is 29.1. The minimum atomic E-state index is -1.14. The van der Waals surface area contributed by atoms with Crippen LogP contribution in [0.25, 0.3) is 0 Å². The number of hydrogen-bond donors (Lipinski definition) is 1. The molecule has 6 heteroatoms. The molecule has 1 fully saturated rings. The zero-order valence-electron chi connectivity index (χ0n) is 11.3. The number of carboxylic acid groups (broad SMARTS) is 1. The number of rotatable bonds is 6. The van der Waals surface area contributed by atoms with Crippen LogP contribution in [0, 0.1) is 5.92 Å². The molecule has 1 saturated carbocycles. The predicted molar refractivity (Wildman–Crippen MR) is 74.3 cm³/mol. The molecule has 1 aliphatic rings. The van der Waals surface area contributed by atoms with Gasteiger partial charge in [0.15, 0.2) is 16.6 Å². The second-order valence-electron chi connectivity index (χ2n) is 5.22. The molecule has 1 aromatic heterocycles. The first-order chi connectivity index (χ1) is 8.90. The number of ketones is 1. The van der Waals surface area contributed by atoms with E-state index in [-0.39, 0.29) is 22.4 Å². The molecule has 0 atom stereocenters. The van der Waals surface area contributed by atoms with Crippen LogP contribution in [0.5, 0.6) is 0 Å². The highest BCUT2D eigenvalue weighted by molar-refractivity contribution is 7.17. The van der Waals surface area contributed by atoms with E-state index in [9.17, 15) is 9.59 Å². The van der Waals surface area contributed by atoms with Gasteiger partial charge in [0.05, 0.1) is 0 Å². The molecule has 0 radical (unpaired) electrons. The molecule has 104 valence electrons. The molecule has 0 aliphatic heterocycles. The van der Waals surface area contributed by atoms with Gasteiger partial charge in [-0.1, -0.05) is 11.3 Å². The van der Waals surface area contributed by atoms with Crippen molar-refractivity contribution in [3.05, 3.63) is 10.6 Å². The maximum atomic E-state index is 11.5. The normalized spacial score (nSPS) is 14.7.